The van der Waals surface area contributed by atoms with Crippen LogP contribution < -0.4 is 10.3 Å². The molecular weight excluding hydrogens is 502 g/mol. The van der Waals surface area contributed by atoms with Gasteiger partial charge in [-0.15, -0.1) is 0 Å². The molecule has 1 fully saturated rings. The molecule has 1 N–H and O–H groups in total. The number of carbonyl (C=O) groups excluding carboxylic acids is 1. The Hall–Kier alpha value is -3.43. The Kier molecular flexibility index (Phi) is 7.54. The summed E-state index contributed by atoms with van der Waals surface area (Å²) >= 11 is 0. The van der Waals surface area contributed by atoms with Crippen LogP contribution in [0.3, 0.4) is 0 Å². The summed E-state index contributed by atoms with van der Waals surface area (Å²) in [5, 5.41) is 0. The van der Waals surface area contributed by atoms with Crippen LogP contribution >= 0.6 is 0 Å². The molecule has 3 aromatic rings. The number of nitrogens with one attached hydrogen (secondary N) is 1. The third kappa shape index (κ3) is 6.16. The van der Waals surface area contributed by atoms with Crippen molar-refractivity contribution in [2.24, 2.45) is 7.05 Å². The monoisotopic (exact) mass is 537 g/mol. The predicted octanol–water partition coefficient (Wildman–Crippen LogP) is 4.57. The lowest BCUT2D eigenvalue weighted by Crippen LogP contribution is -2.54. The number of ether oxygens (including phenoxy) is 1. The lowest BCUT2D eigenvalue weighted by molar-refractivity contribution is -0.0749. The van der Waals surface area contributed by atoms with E-state index in [2.05, 4.69) is 4.72 Å². The number of pyridine rings is 1. The molecule has 1 aliphatic heterocycles. The number of cyclic esters (lactones) is 1. The predicted molar refractivity (Wildman–Crippen MR) is 148 cm³/mol. The van der Waals surface area contributed by atoms with Crippen molar-refractivity contribution in [3.8, 4) is 11.1 Å². The van der Waals surface area contributed by atoms with Gasteiger partial charge in [0.15, 0.2) is 0 Å². The van der Waals surface area contributed by atoms with E-state index in [1.54, 1.807) is 38.1 Å². The van der Waals surface area contributed by atoms with Gasteiger partial charge >= 0.3 is 6.09 Å². The van der Waals surface area contributed by atoms with E-state index in [-0.39, 0.29) is 18.0 Å². The highest BCUT2D eigenvalue weighted by Gasteiger charge is 2.47. The van der Waals surface area contributed by atoms with E-state index in [1.807, 2.05) is 67.6 Å². The molecule has 4 rings (SSSR count). The van der Waals surface area contributed by atoms with Crippen molar-refractivity contribution in [2.75, 3.05) is 12.8 Å². The number of carbonyl (C=O) groups is 1. The first-order valence-electron chi connectivity index (χ1n) is 12.6. The number of benzene rings is 2. The van der Waals surface area contributed by atoms with Crippen molar-refractivity contribution in [3.63, 3.8) is 0 Å². The molecule has 9 heteroatoms. The molecular formula is C29H35N3O5S. The molecule has 0 radical (unpaired) electrons. The second-order valence-electron chi connectivity index (χ2n) is 10.8. The molecule has 202 valence electrons. The largest absolute Gasteiger partial charge is 0.438 e. The Bertz CT molecular complexity index is 1470. The Labute approximate surface area is 224 Å². The second kappa shape index (κ2) is 10.4. The Morgan fingerprint density at radius 1 is 1.03 bits per heavy atom. The van der Waals surface area contributed by atoms with Crippen LogP contribution in [0.5, 0.6) is 0 Å². The van der Waals surface area contributed by atoms with Gasteiger partial charge in [0.25, 0.3) is 5.56 Å². The van der Waals surface area contributed by atoms with Gasteiger partial charge in [0.2, 0.25) is 10.0 Å². The van der Waals surface area contributed by atoms with E-state index in [0.29, 0.717) is 13.0 Å². The molecule has 0 saturated carbocycles. The van der Waals surface area contributed by atoms with Gasteiger partial charge in [-0.25, -0.2) is 17.9 Å². The van der Waals surface area contributed by atoms with E-state index in [4.69, 9.17) is 4.74 Å². The van der Waals surface area contributed by atoms with Crippen molar-refractivity contribution in [1.82, 2.24) is 14.2 Å². The first-order chi connectivity index (χ1) is 17.8. The summed E-state index contributed by atoms with van der Waals surface area (Å²) in [6.45, 7) is 6.00. The van der Waals surface area contributed by atoms with Crippen LogP contribution in [0.1, 0.15) is 50.8 Å². The first kappa shape index (κ1) is 27.6. The maximum Gasteiger partial charge on any atom is 0.411 e. The molecule has 1 amide bonds. The minimum atomic E-state index is -3.46. The third-order valence-electron chi connectivity index (χ3n) is 7.06. The van der Waals surface area contributed by atoms with Crippen LogP contribution in [0.25, 0.3) is 11.1 Å². The second-order valence-corrected chi connectivity index (χ2v) is 12.5. The van der Waals surface area contributed by atoms with Crippen molar-refractivity contribution >= 4 is 16.1 Å². The number of nitrogens with zero attached hydrogens (tertiary/aromatic N) is 2. The summed E-state index contributed by atoms with van der Waals surface area (Å²) in [6.07, 6.45) is 3.22. The van der Waals surface area contributed by atoms with E-state index in [0.717, 1.165) is 28.5 Å². The quantitative estimate of drug-likeness (QED) is 0.454. The van der Waals surface area contributed by atoms with E-state index in [9.17, 15) is 18.0 Å². The van der Waals surface area contributed by atoms with E-state index >= 15 is 0 Å². The summed E-state index contributed by atoms with van der Waals surface area (Å²) < 4.78 is 34.4. The number of rotatable bonds is 8. The summed E-state index contributed by atoms with van der Waals surface area (Å²) in [7, 11) is -1.75. The molecule has 2 aromatic carbocycles. The average molecular weight is 538 g/mol. The normalized spacial score (nSPS) is 19.2. The molecule has 1 unspecified atom stereocenters. The van der Waals surface area contributed by atoms with Gasteiger partial charge in [-0.05, 0) is 49.1 Å². The third-order valence-corrected chi connectivity index (χ3v) is 7.98. The minimum Gasteiger partial charge on any atom is -0.438 e. The standard InChI is InChI=1S/C29H35N3O5S/c1-21(22-11-13-23(14-12-22)24-15-17-31(4)26(33)19-24)32-18-16-29(37-27(32)34,25-9-7-6-8-10-25)20-28(2,3)30-38(5,35)36/h6-15,17,19,21,30H,16,18,20H2,1-5H3/t21?,29-/m0/s1. The highest BCUT2D eigenvalue weighted by Crippen LogP contribution is 2.42. The van der Waals surface area contributed by atoms with Crippen LogP contribution in [0.4, 0.5) is 4.79 Å². The van der Waals surface area contributed by atoms with Crippen LogP contribution in [-0.4, -0.2) is 42.3 Å². The highest BCUT2D eigenvalue weighted by atomic mass is 32.2. The first-order valence-corrected chi connectivity index (χ1v) is 14.5. The summed E-state index contributed by atoms with van der Waals surface area (Å²) in [5.74, 6) is 0. The van der Waals surface area contributed by atoms with Gasteiger partial charge in [0, 0.05) is 44.2 Å². The summed E-state index contributed by atoms with van der Waals surface area (Å²) in [5.41, 5.74) is 1.65. The zero-order valence-corrected chi connectivity index (χ0v) is 23.3. The molecule has 38 heavy (non-hydrogen) atoms. The van der Waals surface area contributed by atoms with Gasteiger partial charge in [-0.3, -0.25) is 4.79 Å². The zero-order chi connectivity index (χ0) is 27.7. The Balaban J connectivity index is 1.56. The topological polar surface area (TPSA) is 97.7 Å². The van der Waals surface area contributed by atoms with Gasteiger partial charge < -0.3 is 14.2 Å². The summed E-state index contributed by atoms with van der Waals surface area (Å²) in [6, 6.07) is 20.6. The number of aryl methyl sites for hydroxylation is 1. The fourth-order valence-electron chi connectivity index (χ4n) is 5.31. The molecule has 2 atom stereocenters. The fourth-order valence-corrected chi connectivity index (χ4v) is 6.38. The van der Waals surface area contributed by atoms with Crippen LogP contribution in [0.2, 0.25) is 0 Å². The molecule has 0 spiro atoms. The smallest absolute Gasteiger partial charge is 0.411 e. The Morgan fingerprint density at radius 2 is 1.68 bits per heavy atom. The maximum absolute atomic E-state index is 13.5. The van der Waals surface area contributed by atoms with Crippen LogP contribution in [-0.2, 0) is 27.4 Å². The number of amides is 1. The van der Waals surface area contributed by atoms with Gasteiger partial charge in [-0.2, -0.15) is 0 Å². The van der Waals surface area contributed by atoms with Crippen LogP contribution in [0.15, 0.2) is 77.7 Å². The number of hydrogen-bond acceptors (Lipinski definition) is 5. The highest BCUT2D eigenvalue weighted by molar-refractivity contribution is 7.88. The number of sulfonamides is 1. The molecule has 0 aliphatic carbocycles. The van der Waals surface area contributed by atoms with E-state index < -0.39 is 27.3 Å². The van der Waals surface area contributed by atoms with Gasteiger partial charge in [-0.1, -0.05) is 54.6 Å². The minimum absolute atomic E-state index is 0.0761. The molecule has 1 aliphatic rings. The zero-order valence-electron chi connectivity index (χ0n) is 22.5. The lowest BCUT2D eigenvalue weighted by Gasteiger charge is -2.46. The number of hydrogen-bond donors (Lipinski definition) is 1. The van der Waals surface area contributed by atoms with Gasteiger partial charge in [0.05, 0.1) is 12.3 Å². The molecule has 1 saturated heterocycles. The maximum atomic E-state index is 13.5. The Morgan fingerprint density at radius 3 is 2.26 bits per heavy atom. The van der Waals surface area contributed by atoms with Gasteiger partial charge in [0.1, 0.15) is 5.60 Å². The molecule has 2 heterocycles. The van der Waals surface area contributed by atoms with E-state index in [1.165, 1.54) is 4.57 Å². The fraction of sp³-hybridized carbons (Fsp3) is 0.379. The lowest BCUT2D eigenvalue weighted by atomic mass is 9.79. The average Bonchev–Trinajstić information content (AvgIpc) is 2.84. The molecule has 0 bridgehead atoms. The summed E-state index contributed by atoms with van der Waals surface area (Å²) in [4.78, 5) is 27.2. The van der Waals surface area contributed by atoms with Crippen molar-refractivity contribution in [2.45, 2.75) is 50.8 Å². The molecule has 1 aromatic heterocycles. The van der Waals surface area contributed by atoms with Crippen molar-refractivity contribution in [3.05, 3.63) is 94.4 Å². The van der Waals surface area contributed by atoms with Crippen molar-refractivity contribution < 1.29 is 17.9 Å². The number of aromatic nitrogens is 1. The molecule has 8 nitrogen and oxygen atoms in total. The SMILES string of the molecule is CC(c1ccc(-c2ccn(C)c(=O)c2)cc1)N1CC[C@](CC(C)(C)NS(C)(=O)=O)(c2ccccc2)OC1=O. The van der Waals surface area contributed by atoms with Crippen LogP contribution in [0, 0.1) is 0 Å². The van der Waals surface area contributed by atoms with Crippen molar-refractivity contribution in [1.29, 1.82) is 0 Å².